The summed E-state index contributed by atoms with van der Waals surface area (Å²) in [5.41, 5.74) is 0. The lowest BCUT2D eigenvalue weighted by atomic mass is 10.3. The Bertz CT molecular complexity index is 113. The fourth-order valence-corrected chi connectivity index (χ4v) is 0.738. The van der Waals surface area contributed by atoms with E-state index in [4.69, 9.17) is 0 Å². The first-order chi connectivity index (χ1) is 3.75. The summed E-state index contributed by atoms with van der Waals surface area (Å²) in [6, 6.07) is 0. The lowest BCUT2D eigenvalue weighted by Crippen LogP contribution is -2.12. The lowest BCUT2D eigenvalue weighted by Gasteiger charge is -1.90. The van der Waals surface area contributed by atoms with Crippen LogP contribution in [0.3, 0.4) is 0 Å². The molecule has 0 aromatic heterocycles. The van der Waals surface area contributed by atoms with Gasteiger partial charge in [-0.15, -0.1) is 0 Å². The van der Waals surface area contributed by atoms with E-state index in [0.717, 1.165) is 6.42 Å². The second-order valence-electron chi connectivity index (χ2n) is 2.26. The number of carbonyl (C=O) groups is 1. The van der Waals surface area contributed by atoms with Crippen molar-refractivity contribution in [3.8, 4) is 0 Å². The number of hydrogen-bond donors (Lipinski definition) is 1. The molecule has 0 aromatic rings. The van der Waals surface area contributed by atoms with E-state index in [1.165, 1.54) is 0 Å². The van der Waals surface area contributed by atoms with Crippen LogP contribution in [0.25, 0.3) is 0 Å². The van der Waals surface area contributed by atoms with E-state index in [-0.39, 0.29) is 11.9 Å². The molecule has 0 bridgehead atoms. The van der Waals surface area contributed by atoms with Crippen LogP contribution in [0.4, 0.5) is 0 Å². The predicted octanol–water partition coefficient (Wildman–Crippen LogP) is 0.0593. The molecule has 3 heteroatoms. The van der Waals surface area contributed by atoms with Gasteiger partial charge in [0.05, 0.1) is 5.92 Å². The van der Waals surface area contributed by atoms with Gasteiger partial charge in [-0.2, -0.15) is 5.90 Å². The molecule has 1 unspecified atom stereocenters. The van der Waals surface area contributed by atoms with Crippen molar-refractivity contribution in [3.63, 3.8) is 0 Å². The summed E-state index contributed by atoms with van der Waals surface area (Å²) < 4.78 is 0. The molecule has 0 saturated heterocycles. The highest BCUT2D eigenvalue weighted by Gasteiger charge is 2.40. The fourth-order valence-electron chi connectivity index (χ4n) is 0.738. The van der Waals surface area contributed by atoms with Gasteiger partial charge in [-0.1, -0.05) is 6.92 Å². The molecule has 2 atom stereocenters. The Kier molecular flexibility index (Phi) is 1.21. The van der Waals surface area contributed by atoms with Crippen molar-refractivity contribution in [1.29, 1.82) is 0 Å². The molecule has 0 radical (unpaired) electrons. The highest BCUT2D eigenvalue weighted by atomic mass is 16.7. The van der Waals surface area contributed by atoms with Crippen LogP contribution < -0.4 is 5.90 Å². The molecular formula is C5H9NO2. The second kappa shape index (κ2) is 1.74. The minimum Gasteiger partial charge on any atom is -0.373 e. The first-order valence-electron chi connectivity index (χ1n) is 2.66. The fraction of sp³-hybridized carbons (Fsp3) is 0.800. The quantitative estimate of drug-likeness (QED) is 0.491. The molecule has 1 fully saturated rings. The van der Waals surface area contributed by atoms with E-state index in [1.807, 2.05) is 6.92 Å². The monoisotopic (exact) mass is 115 g/mol. The van der Waals surface area contributed by atoms with Crippen LogP contribution in [-0.2, 0) is 9.63 Å². The Morgan fingerprint density at radius 1 is 1.88 bits per heavy atom. The Morgan fingerprint density at radius 3 is 2.50 bits per heavy atom. The van der Waals surface area contributed by atoms with Gasteiger partial charge in [0.15, 0.2) is 0 Å². The van der Waals surface area contributed by atoms with Gasteiger partial charge in [0.2, 0.25) is 0 Å². The van der Waals surface area contributed by atoms with E-state index < -0.39 is 0 Å². The average molecular weight is 115 g/mol. The number of nitrogens with two attached hydrogens (primary N) is 1. The van der Waals surface area contributed by atoms with Crippen LogP contribution in [-0.4, -0.2) is 5.97 Å². The Morgan fingerprint density at radius 2 is 2.38 bits per heavy atom. The van der Waals surface area contributed by atoms with E-state index in [1.54, 1.807) is 0 Å². The van der Waals surface area contributed by atoms with E-state index >= 15 is 0 Å². The molecule has 0 heterocycles. The van der Waals surface area contributed by atoms with Gasteiger partial charge in [-0.3, -0.25) is 4.79 Å². The van der Waals surface area contributed by atoms with E-state index in [0.29, 0.717) is 5.92 Å². The largest absolute Gasteiger partial charge is 0.373 e. The van der Waals surface area contributed by atoms with Gasteiger partial charge in [-0.25, -0.2) is 0 Å². The number of hydrogen-bond acceptors (Lipinski definition) is 3. The highest BCUT2D eigenvalue weighted by molar-refractivity contribution is 5.75. The Labute approximate surface area is 47.8 Å². The van der Waals surface area contributed by atoms with Gasteiger partial charge < -0.3 is 4.84 Å². The van der Waals surface area contributed by atoms with Crippen LogP contribution in [0, 0.1) is 11.8 Å². The molecular weight excluding hydrogens is 106 g/mol. The molecule has 1 aliphatic rings. The minimum absolute atomic E-state index is 0.0972. The summed E-state index contributed by atoms with van der Waals surface area (Å²) in [5.74, 6) is 4.95. The van der Waals surface area contributed by atoms with Crippen LogP contribution in [0.2, 0.25) is 0 Å². The van der Waals surface area contributed by atoms with E-state index in [2.05, 4.69) is 10.7 Å². The SMILES string of the molecule is C[C@@H]1CC1C(=O)ON. The molecule has 0 aliphatic heterocycles. The van der Waals surface area contributed by atoms with Gasteiger partial charge in [0, 0.05) is 0 Å². The van der Waals surface area contributed by atoms with Crippen molar-refractivity contribution >= 4 is 5.97 Å². The van der Waals surface area contributed by atoms with Gasteiger partial charge >= 0.3 is 5.97 Å². The molecule has 8 heavy (non-hydrogen) atoms. The van der Waals surface area contributed by atoms with Crippen molar-refractivity contribution in [2.75, 3.05) is 0 Å². The van der Waals surface area contributed by atoms with Gasteiger partial charge in [-0.05, 0) is 12.3 Å². The zero-order valence-corrected chi connectivity index (χ0v) is 4.76. The summed E-state index contributed by atoms with van der Waals surface area (Å²) in [7, 11) is 0. The average Bonchev–Trinajstić information content (AvgIpc) is 2.45. The first-order valence-corrected chi connectivity index (χ1v) is 2.66. The molecule has 0 spiro atoms. The summed E-state index contributed by atoms with van der Waals surface area (Å²) in [5, 5.41) is 0. The molecule has 1 saturated carbocycles. The normalized spacial score (nSPS) is 34.2. The van der Waals surface area contributed by atoms with Crippen LogP contribution >= 0.6 is 0 Å². The third-order valence-corrected chi connectivity index (χ3v) is 1.53. The zero-order chi connectivity index (χ0) is 6.15. The number of rotatable bonds is 1. The molecule has 0 aromatic carbocycles. The standard InChI is InChI=1S/C5H9NO2/c1-3-2-4(3)5(7)8-6/h3-4H,2,6H2,1H3/t3-,4?/m1/s1. The van der Waals surface area contributed by atoms with Crippen LogP contribution in [0.15, 0.2) is 0 Å². The molecule has 0 amide bonds. The Hall–Kier alpha value is -0.570. The van der Waals surface area contributed by atoms with Crippen molar-refractivity contribution in [3.05, 3.63) is 0 Å². The Balaban J connectivity index is 2.28. The lowest BCUT2D eigenvalue weighted by molar-refractivity contribution is -0.146. The summed E-state index contributed by atoms with van der Waals surface area (Å²) in [4.78, 5) is 14.4. The number of carbonyl (C=O) groups excluding carboxylic acids is 1. The summed E-state index contributed by atoms with van der Waals surface area (Å²) in [6.45, 7) is 2.00. The van der Waals surface area contributed by atoms with Crippen LogP contribution in [0.1, 0.15) is 13.3 Å². The minimum atomic E-state index is -0.266. The molecule has 46 valence electrons. The van der Waals surface area contributed by atoms with Gasteiger partial charge in [0.25, 0.3) is 0 Å². The summed E-state index contributed by atoms with van der Waals surface area (Å²) >= 11 is 0. The molecule has 3 nitrogen and oxygen atoms in total. The maximum absolute atomic E-state index is 10.4. The maximum Gasteiger partial charge on any atom is 0.327 e. The highest BCUT2D eigenvalue weighted by Crippen LogP contribution is 2.38. The smallest absolute Gasteiger partial charge is 0.327 e. The van der Waals surface area contributed by atoms with E-state index in [9.17, 15) is 4.79 Å². The van der Waals surface area contributed by atoms with Crippen molar-refractivity contribution in [2.45, 2.75) is 13.3 Å². The summed E-state index contributed by atoms with van der Waals surface area (Å²) in [6.07, 6.45) is 0.941. The molecule has 1 aliphatic carbocycles. The molecule has 2 N–H and O–H groups in total. The predicted molar refractivity (Wildman–Crippen MR) is 27.6 cm³/mol. The molecule has 1 rings (SSSR count). The van der Waals surface area contributed by atoms with Gasteiger partial charge in [0.1, 0.15) is 0 Å². The third-order valence-electron chi connectivity index (χ3n) is 1.53. The topological polar surface area (TPSA) is 52.3 Å². The maximum atomic E-state index is 10.4. The zero-order valence-electron chi connectivity index (χ0n) is 4.76. The van der Waals surface area contributed by atoms with Crippen LogP contribution in [0.5, 0.6) is 0 Å². The van der Waals surface area contributed by atoms with Crippen molar-refractivity contribution < 1.29 is 9.63 Å². The van der Waals surface area contributed by atoms with Crippen molar-refractivity contribution in [2.24, 2.45) is 17.7 Å². The first kappa shape index (κ1) is 5.56. The van der Waals surface area contributed by atoms with Crippen molar-refractivity contribution in [1.82, 2.24) is 0 Å². The third kappa shape index (κ3) is 0.816. The second-order valence-corrected chi connectivity index (χ2v) is 2.26.